The zero-order valence-electron chi connectivity index (χ0n) is 20.5. The molecule has 0 spiro atoms. The van der Waals surface area contributed by atoms with Crippen molar-refractivity contribution in [1.82, 2.24) is 4.90 Å². The molecule has 0 bridgehead atoms. The van der Waals surface area contributed by atoms with Crippen LogP contribution in [0.4, 0.5) is 11.4 Å². The number of hydrogen-bond donors (Lipinski definition) is 2. The second-order valence-electron chi connectivity index (χ2n) is 9.40. The molecule has 1 aliphatic rings. The summed E-state index contributed by atoms with van der Waals surface area (Å²) in [5.74, 6) is 0.0973. The van der Waals surface area contributed by atoms with Gasteiger partial charge in [0.15, 0.2) is 0 Å². The first-order chi connectivity index (χ1) is 16.9. The minimum absolute atomic E-state index is 0.0615. The molecule has 4 rings (SSSR count). The van der Waals surface area contributed by atoms with Gasteiger partial charge >= 0.3 is 0 Å². The molecule has 3 N–H and O–H groups in total. The van der Waals surface area contributed by atoms with E-state index in [1.165, 1.54) is 0 Å². The highest BCUT2D eigenvalue weighted by Gasteiger charge is 2.26. The predicted molar refractivity (Wildman–Crippen MR) is 141 cm³/mol. The van der Waals surface area contributed by atoms with Gasteiger partial charge in [0.1, 0.15) is 0 Å². The average Bonchev–Trinajstić information content (AvgIpc) is 2.83. The van der Waals surface area contributed by atoms with Gasteiger partial charge in [-0.15, -0.1) is 0 Å². The van der Waals surface area contributed by atoms with Crippen LogP contribution < -0.4 is 16.0 Å². The number of nitrogens with zero attached hydrogens (tertiary/aromatic N) is 2. The van der Waals surface area contributed by atoms with E-state index in [9.17, 15) is 9.59 Å². The van der Waals surface area contributed by atoms with E-state index >= 15 is 0 Å². The number of carbonyl (C=O) groups excluding carboxylic acids is 2. The quantitative estimate of drug-likeness (QED) is 0.471. The highest BCUT2D eigenvalue weighted by molar-refractivity contribution is 5.95. The molecule has 1 saturated carbocycles. The van der Waals surface area contributed by atoms with Crippen molar-refractivity contribution in [1.29, 1.82) is 0 Å². The summed E-state index contributed by atoms with van der Waals surface area (Å²) in [6.45, 7) is 1.26. The maximum absolute atomic E-state index is 13.7. The van der Waals surface area contributed by atoms with Gasteiger partial charge in [-0.05, 0) is 59.9 Å². The van der Waals surface area contributed by atoms with E-state index in [0.717, 1.165) is 47.3 Å². The lowest BCUT2D eigenvalue weighted by Crippen LogP contribution is -2.32. The number of rotatable bonds is 9. The Bertz CT molecular complexity index is 1170. The molecule has 2 amide bonds. The molecular formula is C29H34N4O2. The van der Waals surface area contributed by atoms with Gasteiger partial charge in [-0.3, -0.25) is 9.59 Å². The van der Waals surface area contributed by atoms with Crippen LogP contribution >= 0.6 is 0 Å². The zero-order valence-corrected chi connectivity index (χ0v) is 20.5. The Balaban J connectivity index is 1.61. The lowest BCUT2D eigenvalue weighted by Gasteiger charge is -2.27. The van der Waals surface area contributed by atoms with E-state index in [2.05, 4.69) is 5.32 Å². The molecule has 182 valence electrons. The molecule has 0 aromatic heterocycles. The molecule has 0 aliphatic heterocycles. The number of benzene rings is 3. The lowest BCUT2D eigenvalue weighted by atomic mass is 9.85. The molecule has 6 nitrogen and oxygen atoms in total. The third-order valence-electron chi connectivity index (χ3n) is 6.63. The Morgan fingerprint density at radius 1 is 0.914 bits per heavy atom. The van der Waals surface area contributed by atoms with Gasteiger partial charge in [0.2, 0.25) is 5.91 Å². The number of nitrogens with two attached hydrogens (primary N) is 1. The van der Waals surface area contributed by atoms with Gasteiger partial charge < -0.3 is 20.9 Å². The topological polar surface area (TPSA) is 78.7 Å². The number of amides is 2. The smallest absolute Gasteiger partial charge is 0.254 e. The second kappa shape index (κ2) is 11.2. The van der Waals surface area contributed by atoms with Crippen LogP contribution in [0.1, 0.15) is 46.3 Å². The molecular weight excluding hydrogens is 436 g/mol. The molecule has 6 heteroatoms. The first-order valence-electron chi connectivity index (χ1n) is 12.2. The normalized spacial score (nSPS) is 13.1. The molecule has 0 unspecified atom stereocenters. The Hall–Kier alpha value is -3.64. The van der Waals surface area contributed by atoms with Gasteiger partial charge in [-0.1, -0.05) is 48.9 Å². The summed E-state index contributed by atoms with van der Waals surface area (Å²) in [5, 5.41) is 3.10. The molecule has 3 aromatic carbocycles. The summed E-state index contributed by atoms with van der Waals surface area (Å²) in [7, 11) is 3.95. The Morgan fingerprint density at radius 3 is 2.29 bits per heavy atom. The summed E-state index contributed by atoms with van der Waals surface area (Å²) in [6, 6.07) is 23.4. The third kappa shape index (κ3) is 6.08. The van der Waals surface area contributed by atoms with Gasteiger partial charge in [-0.25, -0.2) is 0 Å². The van der Waals surface area contributed by atoms with Gasteiger partial charge in [0.05, 0.1) is 0 Å². The number of nitrogens with one attached hydrogen (secondary N) is 1. The average molecular weight is 471 g/mol. The number of hydrogen-bond acceptors (Lipinski definition) is 4. The highest BCUT2D eigenvalue weighted by Crippen LogP contribution is 2.29. The van der Waals surface area contributed by atoms with E-state index in [0.29, 0.717) is 25.2 Å². The van der Waals surface area contributed by atoms with Gasteiger partial charge in [0.25, 0.3) is 5.91 Å². The number of para-hydroxylation sites is 1. The molecule has 35 heavy (non-hydrogen) atoms. The Kier molecular flexibility index (Phi) is 7.83. The zero-order chi connectivity index (χ0) is 24.8. The number of carbonyl (C=O) groups is 2. The van der Waals surface area contributed by atoms with Crippen LogP contribution in [0, 0.1) is 5.92 Å². The van der Waals surface area contributed by atoms with E-state index in [-0.39, 0.29) is 17.7 Å². The van der Waals surface area contributed by atoms with E-state index < -0.39 is 0 Å². The van der Waals surface area contributed by atoms with E-state index in [1.807, 2.05) is 96.7 Å². The van der Waals surface area contributed by atoms with Crippen molar-refractivity contribution < 1.29 is 9.59 Å². The van der Waals surface area contributed by atoms with Crippen LogP contribution in [0.25, 0.3) is 0 Å². The van der Waals surface area contributed by atoms with Gasteiger partial charge in [-0.2, -0.15) is 0 Å². The molecule has 0 radical (unpaired) electrons. The van der Waals surface area contributed by atoms with Crippen LogP contribution in [-0.4, -0.2) is 30.8 Å². The van der Waals surface area contributed by atoms with Crippen molar-refractivity contribution in [3.63, 3.8) is 0 Å². The summed E-state index contributed by atoms with van der Waals surface area (Å²) in [4.78, 5) is 30.1. The van der Waals surface area contributed by atoms with Crippen molar-refractivity contribution in [2.75, 3.05) is 24.3 Å². The van der Waals surface area contributed by atoms with Crippen LogP contribution in [0.3, 0.4) is 0 Å². The van der Waals surface area contributed by atoms with Crippen molar-refractivity contribution >= 4 is 23.2 Å². The molecule has 0 heterocycles. The van der Waals surface area contributed by atoms with Crippen LogP contribution in [-0.2, 0) is 24.4 Å². The van der Waals surface area contributed by atoms with Gasteiger partial charge in [0, 0.05) is 56.6 Å². The highest BCUT2D eigenvalue weighted by atomic mass is 16.2. The standard InChI is InChI=1S/C29H34N4O2/c1-32(2)26-15-13-24(14-16-26)29(35)33(19-22-8-5-7-21(17-22)18-30)20-25-9-3-4-12-27(25)31-28(34)23-10-6-11-23/h3-5,7-9,12-17,23H,6,10-11,18-20,30H2,1-2H3,(H,31,34). The maximum atomic E-state index is 13.7. The molecule has 0 atom stereocenters. The third-order valence-corrected chi connectivity index (χ3v) is 6.63. The summed E-state index contributed by atoms with van der Waals surface area (Å²) in [6.07, 6.45) is 2.99. The first-order valence-corrected chi connectivity index (χ1v) is 12.2. The maximum Gasteiger partial charge on any atom is 0.254 e. The van der Waals surface area contributed by atoms with Crippen LogP contribution in [0.5, 0.6) is 0 Å². The van der Waals surface area contributed by atoms with Crippen molar-refractivity contribution in [2.24, 2.45) is 11.7 Å². The molecule has 3 aromatic rings. The SMILES string of the molecule is CN(C)c1ccc(C(=O)N(Cc2cccc(CN)c2)Cc2ccccc2NC(=O)C2CCC2)cc1. The van der Waals surface area contributed by atoms with Crippen LogP contribution in [0.2, 0.25) is 0 Å². The van der Waals surface area contributed by atoms with Crippen LogP contribution in [0.15, 0.2) is 72.8 Å². The fourth-order valence-electron chi connectivity index (χ4n) is 4.25. The van der Waals surface area contributed by atoms with Crippen molar-refractivity contribution in [3.8, 4) is 0 Å². The minimum Gasteiger partial charge on any atom is -0.378 e. The molecule has 1 aliphatic carbocycles. The summed E-state index contributed by atoms with van der Waals surface area (Å²) in [5.41, 5.74) is 11.2. The summed E-state index contributed by atoms with van der Waals surface area (Å²) >= 11 is 0. The Morgan fingerprint density at radius 2 is 1.63 bits per heavy atom. The fourth-order valence-corrected chi connectivity index (χ4v) is 4.25. The van der Waals surface area contributed by atoms with E-state index in [4.69, 9.17) is 5.73 Å². The summed E-state index contributed by atoms with van der Waals surface area (Å²) < 4.78 is 0. The Labute approximate surface area is 207 Å². The monoisotopic (exact) mass is 470 g/mol. The second-order valence-corrected chi connectivity index (χ2v) is 9.40. The van der Waals surface area contributed by atoms with E-state index in [1.54, 1.807) is 0 Å². The molecule has 0 saturated heterocycles. The van der Waals surface area contributed by atoms with Crippen molar-refractivity contribution in [2.45, 2.75) is 38.9 Å². The predicted octanol–water partition coefficient (Wildman–Crippen LogP) is 4.79. The minimum atomic E-state index is -0.0615. The number of anilines is 2. The largest absolute Gasteiger partial charge is 0.378 e. The van der Waals surface area contributed by atoms with Crippen molar-refractivity contribution in [3.05, 3.63) is 95.1 Å². The fraction of sp³-hybridized carbons (Fsp3) is 0.310. The molecule has 1 fully saturated rings. The lowest BCUT2D eigenvalue weighted by molar-refractivity contribution is -0.122. The first kappa shape index (κ1) is 24.5.